The minimum Gasteiger partial charge on any atom is -0.392 e. The van der Waals surface area contributed by atoms with Crippen LogP contribution in [0.2, 0.25) is 0 Å². The molecule has 1 heterocycles. The molecule has 1 aromatic carbocycles. The third-order valence-electron chi connectivity index (χ3n) is 4.28. The molecule has 2 rings (SSSR count). The first-order chi connectivity index (χ1) is 9.86. The number of aliphatic hydroxyl groups excluding tert-OH is 1. The van der Waals surface area contributed by atoms with E-state index in [1.54, 1.807) is 25.1 Å². The number of benzene rings is 1. The van der Waals surface area contributed by atoms with E-state index in [-0.39, 0.29) is 23.6 Å². The number of hydrogen-bond donors (Lipinski definition) is 2. The molecule has 1 saturated heterocycles. The highest BCUT2D eigenvalue weighted by Gasteiger charge is 2.29. The van der Waals surface area contributed by atoms with Crippen molar-refractivity contribution < 1.29 is 13.5 Å². The molecule has 2 unspecified atom stereocenters. The highest BCUT2D eigenvalue weighted by Crippen LogP contribution is 2.24. The maximum Gasteiger partial charge on any atom is 0.253 e. The van der Waals surface area contributed by atoms with E-state index < -0.39 is 10.0 Å². The van der Waals surface area contributed by atoms with Crippen LogP contribution in [-0.4, -0.2) is 30.6 Å². The number of aliphatic hydroxyl groups is 1. The van der Waals surface area contributed by atoms with Crippen molar-refractivity contribution in [2.75, 3.05) is 0 Å². The van der Waals surface area contributed by atoms with Crippen molar-refractivity contribution in [1.82, 2.24) is 9.84 Å². The average Bonchev–Trinajstić information content (AvgIpc) is 2.43. The highest BCUT2D eigenvalue weighted by molar-refractivity contribution is 7.89. The van der Waals surface area contributed by atoms with Crippen molar-refractivity contribution >= 4 is 10.0 Å². The van der Waals surface area contributed by atoms with Crippen LogP contribution in [0.15, 0.2) is 23.1 Å². The molecule has 1 fully saturated rings. The lowest BCUT2D eigenvalue weighted by Gasteiger charge is -2.38. The Kier molecular flexibility index (Phi) is 5.03. The number of nitrogens with zero attached hydrogens (tertiary/aromatic N) is 1. The molecule has 1 aliphatic rings. The quantitative estimate of drug-likeness (QED) is 0.891. The molecule has 0 saturated carbocycles. The average molecular weight is 312 g/mol. The van der Waals surface area contributed by atoms with Crippen molar-refractivity contribution in [1.29, 1.82) is 0 Å². The molecule has 0 aliphatic carbocycles. The van der Waals surface area contributed by atoms with Crippen molar-refractivity contribution in [2.24, 2.45) is 0 Å². The summed E-state index contributed by atoms with van der Waals surface area (Å²) in [5.41, 5.74) is 1.24. The van der Waals surface area contributed by atoms with Crippen LogP contribution in [-0.2, 0) is 16.6 Å². The monoisotopic (exact) mass is 312 g/mol. The molecule has 21 heavy (non-hydrogen) atoms. The highest BCUT2D eigenvalue weighted by atomic mass is 32.2. The number of hydrogen-bond acceptors (Lipinski definition) is 4. The van der Waals surface area contributed by atoms with Crippen LogP contribution in [0.5, 0.6) is 0 Å². The molecule has 0 amide bonds. The van der Waals surface area contributed by atoms with Gasteiger partial charge in [0.2, 0.25) is 0 Å². The van der Waals surface area contributed by atoms with E-state index in [0.29, 0.717) is 11.1 Å². The van der Waals surface area contributed by atoms with Crippen LogP contribution in [0.3, 0.4) is 0 Å². The zero-order chi connectivity index (χ0) is 15.6. The Morgan fingerprint density at radius 3 is 2.48 bits per heavy atom. The lowest BCUT2D eigenvalue weighted by Crippen LogP contribution is -2.54. The van der Waals surface area contributed by atoms with Crippen LogP contribution >= 0.6 is 0 Å². The first-order valence-electron chi connectivity index (χ1n) is 7.37. The summed E-state index contributed by atoms with van der Waals surface area (Å²) in [5, 5.41) is 11.1. The number of rotatable bonds is 4. The Labute approximate surface area is 127 Å². The number of piperidine rings is 1. The van der Waals surface area contributed by atoms with Gasteiger partial charge >= 0.3 is 0 Å². The van der Waals surface area contributed by atoms with Gasteiger partial charge in [-0.3, -0.25) is 0 Å². The molecule has 0 radical (unpaired) electrons. The van der Waals surface area contributed by atoms with Gasteiger partial charge in [-0.1, -0.05) is 18.6 Å². The molecular formula is C15H24N2O3S. The standard InChI is InChI=1S/C15H24N2O3S/c1-11-6-4-7-12(2)17(11)16-21(19,20)15-9-5-8-14(10-18)13(15)3/h5,8-9,11-12,16,18H,4,6-7,10H2,1-3H3. The molecule has 0 bridgehead atoms. The third kappa shape index (κ3) is 3.45. The fourth-order valence-corrected chi connectivity index (χ4v) is 4.44. The number of nitrogens with one attached hydrogen (secondary N) is 1. The van der Waals surface area contributed by atoms with Crippen molar-refractivity contribution in [2.45, 2.75) is 63.6 Å². The second-order valence-electron chi connectivity index (χ2n) is 5.83. The molecule has 6 heteroatoms. The van der Waals surface area contributed by atoms with Crippen LogP contribution in [0, 0.1) is 6.92 Å². The van der Waals surface area contributed by atoms with Gasteiger partial charge in [-0.2, -0.15) is 0 Å². The van der Waals surface area contributed by atoms with E-state index in [2.05, 4.69) is 4.83 Å². The topological polar surface area (TPSA) is 69.6 Å². The largest absolute Gasteiger partial charge is 0.392 e. The third-order valence-corrected chi connectivity index (χ3v) is 5.75. The SMILES string of the molecule is Cc1c(CO)cccc1S(=O)(=O)NN1C(C)CCCC1C. The smallest absolute Gasteiger partial charge is 0.253 e. The summed E-state index contributed by atoms with van der Waals surface area (Å²) in [6.45, 7) is 5.64. The fourth-order valence-electron chi connectivity index (χ4n) is 2.91. The summed E-state index contributed by atoms with van der Waals surface area (Å²) in [4.78, 5) is 2.96. The van der Waals surface area contributed by atoms with Gasteiger partial charge in [-0.25, -0.2) is 13.4 Å². The van der Waals surface area contributed by atoms with E-state index in [1.165, 1.54) is 0 Å². The Morgan fingerprint density at radius 1 is 1.29 bits per heavy atom. The van der Waals surface area contributed by atoms with Crippen molar-refractivity contribution in [3.63, 3.8) is 0 Å². The summed E-state index contributed by atoms with van der Waals surface area (Å²) in [6.07, 6.45) is 3.10. The summed E-state index contributed by atoms with van der Waals surface area (Å²) in [6, 6.07) is 5.35. The van der Waals surface area contributed by atoms with E-state index in [1.807, 2.05) is 18.9 Å². The summed E-state index contributed by atoms with van der Waals surface area (Å²) >= 11 is 0. The van der Waals surface area contributed by atoms with E-state index >= 15 is 0 Å². The van der Waals surface area contributed by atoms with Gasteiger partial charge < -0.3 is 5.11 Å². The van der Waals surface area contributed by atoms with Gasteiger partial charge in [0, 0.05) is 12.1 Å². The van der Waals surface area contributed by atoms with E-state index in [9.17, 15) is 13.5 Å². The zero-order valence-corrected chi connectivity index (χ0v) is 13.7. The first-order valence-corrected chi connectivity index (χ1v) is 8.85. The molecule has 0 spiro atoms. The van der Waals surface area contributed by atoms with E-state index in [0.717, 1.165) is 19.3 Å². The van der Waals surface area contributed by atoms with Gasteiger partial charge in [-0.05, 0) is 50.8 Å². The zero-order valence-electron chi connectivity index (χ0n) is 12.8. The predicted octanol–water partition coefficient (Wildman–Crippen LogP) is 1.94. The summed E-state index contributed by atoms with van der Waals surface area (Å²) < 4.78 is 25.3. The van der Waals surface area contributed by atoms with E-state index in [4.69, 9.17) is 0 Å². The first kappa shape index (κ1) is 16.4. The Morgan fingerprint density at radius 2 is 1.90 bits per heavy atom. The predicted molar refractivity (Wildman–Crippen MR) is 82.0 cm³/mol. The van der Waals surface area contributed by atoms with Crippen LogP contribution in [0.4, 0.5) is 0 Å². The Hall–Kier alpha value is -0.950. The summed E-state index contributed by atoms with van der Waals surface area (Å²) in [7, 11) is -3.62. The van der Waals surface area contributed by atoms with Gasteiger partial charge in [0.05, 0.1) is 11.5 Å². The minimum atomic E-state index is -3.62. The van der Waals surface area contributed by atoms with Crippen LogP contribution in [0.1, 0.15) is 44.2 Å². The molecule has 1 aromatic rings. The fraction of sp³-hybridized carbons (Fsp3) is 0.600. The van der Waals surface area contributed by atoms with Gasteiger partial charge in [0.25, 0.3) is 10.0 Å². The maximum absolute atomic E-state index is 12.6. The number of sulfonamides is 1. The summed E-state index contributed by atoms with van der Waals surface area (Å²) in [5.74, 6) is 0. The second kappa shape index (κ2) is 6.44. The van der Waals surface area contributed by atoms with Gasteiger partial charge in [0.1, 0.15) is 0 Å². The number of hydrazine groups is 1. The lowest BCUT2D eigenvalue weighted by atomic mass is 10.0. The van der Waals surface area contributed by atoms with Crippen LogP contribution in [0.25, 0.3) is 0 Å². The molecule has 0 aromatic heterocycles. The van der Waals surface area contributed by atoms with Gasteiger partial charge in [0.15, 0.2) is 0 Å². The molecule has 118 valence electrons. The van der Waals surface area contributed by atoms with Gasteiger partial charge in [-0.15, -0.1) is 4.83 Å². The Bertz CT molecular complexity index is 591. The molecule has 2 N–H and O–H groups in total. The lowest BCUT2D eigenvalue weighted by molar-refractivity contribution is 0.0790. The normalized spacial score (nSPS) is 24.2. The Balaban J connectivity index is 2.30. The second-order valence-corrected chi connectivity index (χ2v) is 7.46. The van der Waals surface area contributed by atoms with Crippen molar-refractivity contribution in [3.8, 4) is 0 Å². The van der Waals surface area contributed by atoms with Crippen molar-refractivity contribution in [3.05, 3.63) is 29.3 Å². The molecule has 5 nitrogen and oxygen atoms in total. The van der Waals surface area contributed by atoms with Crippen LogP contribution < -0.4 is 4.83 Å². The molecule has 2 atom stereocenters. The molecular weight excluding hydrogens is 288 g/mol. The molecule has 1 aliphatic heterocycles. The maximum atomic E-state index is 12.6. The minimum absolute atomic E-state index is 0.161.